The van der Waals surface area contributed by atoms with Gasteiger partial charge < -0.3 is 19.7 Å². The lowest BCUT2D eigenvalue weighted by atomic mass is 10.0. The van der Waals surface area contributed by atoms with Crippen LogP contribution in [0, 0.1) is 5.95 Å². The van der Waals surface area contributed by atoms with E-state index in [0.717, 1.165) is 17.8 Å². The van der Waals surface area contributed by atoms with E-state index in [9.17, 15) is 9.18 Å². The van der Waals surface area contributed by atoms with Gasteiger partial charge >= 0.3 is 0 Å². The van der Waals surface area contributed by atoms with Crippen molar-refractivity contribution < 1.29 is 9.18 Å². The van der Waals surface area contributed by atoms with Crippen molar-refractivity contribution in [2.24, 2.45) is 0 Å². The maximum atomic E-state index is 14.7. The smallest absolute Gasteiger partial charge is 0.241 e. The predicted molar refractivity (Wildman–Crippen MR) is 138 cm³/mol. The topological polar surface area (TPSA) is 92.1 Å². The van der Waals surface area contributed by atoms with E-state index in [1.807, 2.05) is 61.7 Å². The van der Waals surface area contributed by atoms with Crippen LogP contribution in [0.2, 0.25) is 0 Å². The zero-order valence-electron chi connectivity index (χ0n) is 20.8. The number of hydrogen-bond donors (Lipinski definition) is 1. The molecule has 0 bridgehead atoms. The number of benzene rings is 1. The molecule has 4 aromatic rings. The second-order valence-electron chi connectivity index (χ2n) is 9.50. The first-order valence-electron chi connectivity index (χ1n) is 12.0. The molecule has 36 heavy (non-hydrogen) atoms. The summed E-state index contributed by atoms with van der Waals surface area (Å²) in [7, 11) is 4.02. The number of carbonyl (C=O) groups is 1. The van der Waals surface area contributed by atoms with Gasteiger partial charge in [0.2, 0.25) is 17.8 Å². The number of piperidine rings is 1. The van der Waals surface area contributed by atoms with Gasteiger partial charge in [-0.15, -0.1) is 0 Å². The number of hydrogen-bond acceptors (Lipinski definition) is 7. The van der Waals surface area contributed by atoms with Gasteiger partial charge in [0.1, 0.15) is 5.52 Å². The van der Waals surface area contributed by atoms with Crippen LogP contribution in [0.1, 0.15) is 32.7 Å². The second kappa shape index (κ2) is 9.62. The van der Waals surface area contributed by atoms with Crippen molar-refractivity contribution in [2.75, 3.05) is 30.9 Å². The van der Waals surface area contributed by atoms with E-state index in [-0.39, 0.29) is 23.5 Å². The molecule has 1 atom stereocenters. The second-order valence-corrected chi connectivity index (χ2v) is 9.50. The molecular formula is C26H29FN8O. The molecule has 4 heterocycles. The lowest BCUT2D eigenvalue weighted by Crippen LogP contribution is -2.45. The third kappa shape index (κ3) is 4.64. The third-order valence-electron chi connectivity index (χ3n) is 6.56. The van der Waals surface area contributed by atoms with E-state index in [2.05, 4.69) is 30.2 Å². The SMILES string of the molecule is CC(C)n1cnc2c(F)nc(-c3ccnc(Nc4ccc(N5CCC(N(C)C)CC5=O)cc4)n3)cc21. The zero-order chi connectivity index (χ0) is 25.4. The molecule has 1 fully saturated rings. The lowest BCUT2D eigenvalue weighted by molar-refractivity contribution is -0.120. The van der Waals surface area contributed by atoms with Crippen LogP contribution >= 0.6 is 0 Å². The highest BCUT2D eigenvalue weighted by Crippen LogP contribution is 2.27. The number of nitrogens with zero attached hydrogens (tertiary/aromatic N) is 7. The van der Waals surface area contributed by atoms with Gasteiger partial charge in [0, 0.05) is 42.6 Å². The van der Waals surface area contributed by atoms with E-state index in [1.165, 1.54) is 0 Å². The fraction of sp³-hybridized carbons (Fsp3) is 0.346. The van der Waals surface area contributed by atoms with Gasteiger partial charge in [-0.2, -0.15) is 4.39 Å². The molecule has 10 heteroatoms. The van der Waals surface area contributed by atoms with Crippen LogP contribution in [0.15, 0.2) is 48.9 Å². The summed E-state index contributed by atoms with van der Waals surface area (Å²) < 4.78 is 16.6. The highest BCUT2D eigenvalue weighted by molar-refractivity contribution is 5.94. The van der Waals surface area contributed by atoms with E-state index in [4.69, 9.17) is 0 Å². The molecule has 9 nitrogen and oxygen atoms in total. The molecule has 186 valence electrons. The van der Waals surface area contributed by atoms with Crippen molar-refractivity contribution in [2.45, 2.75) is 38.8 Å². The first-order valence-corrected chi connectivity index (χ1v) is 12.0. The van der Waals surface area contributed by atoms with Crippen molar-refractivity contribution in [3.8, 4) is 11.4 Å². The molecule has 1 aromatic carbocycles. The summed E-state index contributed by atoms with van der Waals surface area (Å²) >= 11 is 0. The fourth-order valence-corrected chi connectivity index (χ4v) is 4.48. The Kier molecular flexibility index (Phi) is 6.36. The molecule has 0 saturated carbocycles. The number of carbonyl (C=O) groups excluding carboxylic acids is 1. The standard InChI is InChI=1S/C26H29FN8O/c1-16(2)35-15-29-24-22(35)14-21(31-25(24)27)20-9-11-28-26(32-20)30-17-5-7-18(8-6-17)34-12-10-19(33(3)4)13-23(34)36/h5-9,11,14-16,19H,10,12-13H2,1-4H3,(H,28,30,32). The van der Waals surface area contributed by atoms with Crippen molar-refractivity contribution in [3.63, 3.8) is 0 Å². The summed E-state index contributed by atoms with van der Waals surface area (Å²) in [6.45, 7) is 4.72. The van der Waals surface area contributed by atoms with Crippen molar-refractivity contribution in [1.82, 2.24) is 29.4 Å². The maximum absolute atomic E-state index is 14.7. The number of nitrogens with one attached hydrogen (secondary N) is 1. The minimum absolute atomic E-state index is 0.130. The Bertz CT molecular complexity index is 1400. The molecule has 1 amide bonds. The average molecular weight is 489 g/mol. The third-order valence-corrected chi connectivity index (χ3v) is 6.56. The molecule has 1 unspecified atom stereocenters. The van der Waals surface area contributed by atoms with Gasteiger partial charge in [0.05, 0.1) is 23.2 Å². The van der Waals surface area contributed by atoms with Crippen molar-refractivity contribution in [1.29, 1.82) is 0 Å². The summed E-state index contributed by atoms with van der Waals surface area (Å²) in [5, 5.41) is 3.18. The van der Waals surface area contributed by atoms with Gasteiger partial charge in [-0.25, -0.2) is 19.9 Å². The minimum Gasteiger partial charge on any atom is -0.328 e. The molecule has 1 aliphatic rings. The number of halogens is 1. The molecule has 3 aromatic heterocycles. The van der Waals surface area contributed by atoms with Gasteiger partial charge in [0.25, 0.3) is 0 Å². The van der Waals surface area contributed by atoms with Crippen molar-refractivity contribution >= 4 is 34.3 Å². The summed E-state index contributed by atoms with van der Waals surface area (Å²) in [4.78, 5) is 33.7. The number of rotatable bonds is 6. The molecule has 1 saturated heterocycles. The quantitative estimate of drug-likeness (QED) is 0.402. The van der Waals surface area contributed by atoms with Crippen LogP contribution in [-0.4, -0.2) is 62.0 Å². The average Bonchev–Trinajstić information content (AvgIpc) is 3.30. The van der Waals surface area contributed by atoms with Crippen LogP contribution in [0.5, 0.6) is 0 Å². The molecule has 0 spiro atoms. The summed E-state index contributed by atoms with van der Waals surface area (Å²) in [6, 6.07) is 11.5. The normalized spacial score (nSPS) is 16.4. The van der Waals surface area contributed by atoms with E-state index < -0.39 is 5.95 Å². The lowest BCUT2D eigenvalue weighted by Gasteiger charge is -2.34. The number of aromatic nitrogens is 5. The van der Waals surface area contributed by atoms with Crippen LogP contribution in [-0.2, 0) is 4.79 Å². The van der Waals surface area contributed by atoms with Crippen LogP contribution in [0.3, 0.4) is 0 Å². The fourth-order valence-electron chi connectivity index (χ4n) is 4.48. The Morgan fingerprint density at radius 2 is 1.86 bits per heavy atom. The molecule has 0 radical (unpaired) electrons. The number of fused-ring (bicyclic) bond motifs is 1. The molecular weight excluding hydrogens is 459 g/mol. The monoisotopic (exact) mass is 488 g/mol. The van der Waals surface area contributed by atoms with E-state index in [0.29, 0.717) is 35.8 Å². The maximum Gasteiger partial charge on any atom is 0.241 e. The molecule has 1 N–H and O–H groups in total. The van der Waals surface area contributed by atoms with Crippen LogP contribution in [0.25, 0.3) is 22.4 Å². The van der Waals surface area contributed by atoms with Crippen LogP contribution in [0.4, 0.5) is 21.7 Å². The highest BCUT2D eigenvalue weighted by atomic mass is 19.1. The number of imidazole rings is 1. The summed E-state index contributed by atoms with van der Waals surface area (Å²) in [5.74, 6) is -0.134. The zero-order valence-corrected chi connectivity index (χ0v) is 20.8. The van der Waals surface area contributed by atoms with Gasteiger partial charge in [-0.1, -0.05) is 0 Å². The predicted octanol–water partition coefficient (Wildman–Crippen LogP) is 4.41. The first kappa shape index (κ1) is 23.8. The first-order chi connectivity index (χ1) is 17.3. The Morgan fingerprint density at radius 1 is 1.08 bits per heavy atom. The van der Waals surface area contributed by atoms with Gasteiger partial charge in [-0.3, -0.25) is 4.79 Å². The Labute approximate surface area is 209 Å². The molecule has 0 aliphatic carbocycles. The molecule has 5 rings (SSSR count). The summed E-state index contributed by atoms with van der Waals surface area (Å²) in [6.07, 6.45) is 4.69. The summed E-state index contributed by atoms with van der Waals surface area (Å²) in [5.41, 5.74) is 3.45. The molecule has 1 aliphatic heterocycles. The van der Waals surface area contributed by atoms with Crippen molar-refractivity contribution in [3.05, 3.63) is 54.9 Å². The number of pyridine rings is 1. The Hall–Kier alpha value is -3.92. The Balaban J connectivity index is 1.34. The van der Waals surface area contributed by atoms with Gasteiger partial charge in [-0.05, 0) is 70.8 Å². The Morgan fingerprint density at radius 3 is 2.56 bits per heavy atom. The number of amides is 1. The van der Waals surface area contributed by atoms with E-state index >= 15 is 0 Å². The highest BCUT2D eigenvalue weighted by Gasteiger charge is 2.27. The largest absolute Gasteiger partial charge is 0.328 e. The van der Waals surface area contributed by atoms with Crippen LogP contribution < -0.4 is 10.2 Å². The van der Waals surface area contributed by atoms with Gasteiger partial charge in [0.15, 0.2) is 0 Å². The number of anilines is 3. The minimum atomic E-state index is -0.630. The van der Waals surface area contributed by atoms with E-state index in [1.54, 1.807) is 24.7 Å².